The second kappa shape index (κ2) is 3.81. The Morgan fingerprint density at radius 2 is 2.31 bits per heavy atom. The third-order valence-corrected chi connectivity index (χ3v) is 3.15. The van der Waals surface area contributed by atoms with E-state index in [2.05, 4.69) is 5.32 Å². The molecular weight excluding hydrogens is 202 g/mol. The molecule has 1 aromatic rings. The SMILES string of the molecule is O=C(CC1CC1)c1cccc2c1OCCN2. The van der Waals surface area contributed by atoms with E-state index in [-0.39, 0.29) is 5.78 Å². The molecule has 0 bridgehead atoms. The number of Topliss-reactive ketones (excluding diaryl/α,β-unsaturated/α-hetero) is 1. The van der Waals surface area contributed by atoms with Crippen molar-refractivity contribution in [3.05, 3.63) is 23.8 Å². The van der Waals surface area contributed by atoms with Crippen molar-refractivity contribution >= 4 is 11.5 Å². The van der Waals surface area contributed by atoms with Crippen LogP contribution in [0.4, 0.5) is 5.69 Å². The lowest BCUT2D eigenvalue weighted by Crippen LogP contribution is -2.20. The largest absolute Gasteiger partial charge is 0.489 e. The van der Waals surface area contributed by atoms with Gasteiger partial charge in [0, 0.05) is 13.0 Å². The summed E-state index contributed by atoms with van der Waals surface area (Å²) in [7, 11) is 0. The van der Waals surface area contributed by atoms with Gasteiger partial charge in [-0.15, -0.1) is 0 Å². The normalized spacial score (nSPS) is 18.2. The molecule has 1 fully saturated rings. The van der Waals surface area contributed by atoms with E-state index in [9.17, 15) is 4.79 Å². The highest BCUT2D eigenvalue weighted by atomic mass is 16.5. The number of benzene rings is 1. The zero-order chi connectivity index (χ0) is 11.0. The Morgan fingerprint density at radius 3 is 3.12 bits per heavy atom. The topological polar surface area (TPSA) is 38.3 Å². The Hall–Kier alpha value is -1.51. The fourth-order valence-corrected chi connectivity index (χ4v) is 2.08. The smallest absolute Gasteiger partial charge is 0.166 e. The standard InChI is InChI=1S/C13H15NO2/c15-12(8-9-4-5-9)10-2-1-3-11-13(10)16-7-6-14-11/h1-3,9,14H,4-8H2. The molecule has 3 rings (SSSR count). The summed E-state index contributed by atoms with van der Waals surface area (Å²) >= 11 is 0. The minimum Gasteiger partial charge on any atom is -0.489 e. The first-order valence-electron chi connectivity index (χ1n) is 5.87. The maximum absolute atomic E-state index is 12.1. The van der Waals surface area contributed by atoms with Gasteiger partial charge in [-0.2, -0.15) is 0 Å². The summed E-state index contributed by atoms with van der Waals surface area (Å²) in [4.78, 5) is 12.1. The molecule has 0 saturated heterocycles. The first-order valence-corrected chi connectivity index (χ1v) is 5.87. The molecule has 1 saturated carbocycles. The van der Waals surface area contributed by atoms with Crippen LogP contribution < -0.4 is 10.1 Å². The molecule has 1 aliphatic heterocycles. The maximum Gasteiger partial charge on any atom is 0.166 e. The Bertz CT molecular complexity index is 424. The first kappa shape index (κ1) is 9.70. The molecule has 0 radical (unpaired) electrons. The van der Waals surface area contributed by atoms with Crippen molar-refractivity contribution in [2.45, 2.75) is 19.3 Å². The highest BCUT2D eigenvalue weighted by molar-refractivity contribution is 6.00. The molecular formula is C13H15NO2. The monoisotopic (exact) mass is 217 g/mol. The molecule has 1 aromatic carbocycles. The van der Waals surface area contributed by atoms with Crippen LogP contribution in [-0.4, -0.2) is 18.9 Å². The molecule has 84 valence electrons. The van der Waals surface area contributed by atoms with Crippen molar-refractivity contribution in [1.29, 1.82) is 0 Å². The van der Waals surface area contributed by atoms with Crippen molar-refractivity contribution in [3.63, 3.8) is 0 Å². The predicted molar refractivity (Wildman–Crippen MR) is 62.1 cm³/mol. The molecule has 16 heavy (non-hydrogen) atoms. The molecule has 0 amide bonds. The van der Waals surface area contributed by atoms with Gasteiger partial charge in [0.25, 0.3) is 0 Å². The number of carbonyl (C=O) groups is 1. The van der Waals surface area contributed by atoms with Crippen molar-refractivity contribution in [1.82, 2.24) is 0 Å². The van der Waals surface area contributed by atoms with Gasteiger partial charge in [0.15, 0.2) is 11.5 Å². The van der Waals surface area contributed by atoms with Crippen LogP contribution >= 0.6 is 0 Å². The molecule has 0 unspecified atom stereocenters. The zero-order valence-corrected chi connectivity index (χ0v) is 9.16. The van der Waals surface area contributed by atoms with Crippen LogP contribution in [0.5, 0.6) is 5.75 Å². The highest BCUT2D eigenvalue weighted by Gasteiger charge is 2.27. The molecule has 0 spiro atoms. The fourth-order valence-electron chi connectivity index (χ4n) is 2.08. The Labute approximate surface area is 94.8 Å². The Kier molecular flexibility index (Phi) is 2.31. The zero-order valence-electron chi connectivity index (χ0n) is 9.16. The van der Waals surface area contributed by atoms with Gasteiger partial charge in [-0.25, -0.2) is 0 Å². The van der Waals surface area contributed by atoms with Crippen molar-refractivity contribution in [2.75, 3.05) is 18.5 Å². The Morgan fingerprint density at radius 1 is 1.44 bits per heavy atom. The van der Waals surface area contributed by atoms with Gasteiger partial charge in [-0.3, -0.25) is 4.79 Å². The highest BCUT2D eigenvalue weighted by Crippen LogP contribution is 2.37. The lowest BCUT2D eigenvalue weighted by atomic mass is 10.0. The number of fused-ring (bicyclic) bond motifs is 1. The van der Waals surface area contributed by atoms with Gasteiger partial charge in [0.05, 0.1) is 11.3 Å². The van der Waals surface area contributed by atoms with Crippen LogP contribution in [0.2, 0.25) is 0 Å². The van der Waals surface area contributed by atoms with Gasteiger partial charge in [0.2, 0.25) is 0 Å². The van der Waals surface area contributed by atoms with Crippen LogP contribution in [0, 0.1) is 5.92 Å². The minimum atomic E-state index is 0.225. The number of anilines is 1. The van der Waals surface area contributed by atoms with Gasteiger partial charge in [-0.05, 0) is 30.9 Å². The number of nitrogens with one attached hydrogen (secondary N) is 1. The van der Waals surface area contributed by atoms with Crippen molar-refractivity contribution in [3.8, 4) is 5.75 Å². The molecule has 2 aliphatic rings. The lowest BCUT2D eigenvalue weighted by Gasteiger charge is -2.21. The average molecular weight is 217 g/mol. The summed E-state index contributed by atoms with van der Waals surface area (Å²) < 4.78 is 5.59. The number of ether oxygens (including phenoxy) is 1. The van der Waals surface area contributed by atoms with Crippen LogP contribution in [-0.2, 0) is 0 Å². The third-order valence-electron chi connectivity index (χ3n) is 3.15. The van der Waals surface area contributed by atoms with E-state index in [0.717, 1.165) is 23.5 Å². The van der Waals surface area contributed by atoms with Crippen LogP contribution in [0.1, 0.15) is 29.6 Å². The van der Waals surface area contributed by atoms with Gasteiger partial charge < -0.3 is 10.1 Å². The van der Waals surface area contributed by atoms with Gasteiger partial charge in [0.1, 0.15) is 6.61 Å². The number of hydrogen-bond acceptors (Lipinski definition) is 3. The number of rotatable bonds is 3. The van der Waals surface area contributed by atoms with E-state index in [0.29, 0.717) is 18.9 Å². The van der Waals surface area contributed by atoms with E-state index in [1.165, 1.54) is 12.8 Å². The second-order valence-corrected chi connectivity index (χ2v) is 4.53. The summed E-state index contributed by atoms with van der Waals surface area (Å²) in [5.41, 5.74) is 1.70. The molecule has 1 heterocycles. The predicted octanol–water partition coefficient (Wildman–Crippen LogP) is 2.47. The number of ketones is 1. The molecule has 1 N–H and O–H groups in total. The maximum atomic E-state index is 12.1. The molecule has 0 aromatic heterocycles. The quantitative estimate of drug-likeness (QED) is 0.790. The van der Waals surface area contributed by atoms with Crippen LogP contribution in [0.15, 0.2) is 18.2 Å². The third kappa shape index (κ3) is 1.77. The average Bonchev–Trinajstić information content (AvgIpc) is 3.12. The first-order chi connectivity index (χ1) is 7.84. The second-order valence-electron chi connectivity index (χ2n) is 4.53. The van der Waals surface area contributed by atoms with Gasteiger partial charge >= 0.3 is 0 Å². The van der Waals surface area contributed by atoms with E-state index in [4.69, 9.17) is 4.74 Å². The summed E-state index contributed by atoms with van der Waals surface area (Å²) in [6, 6.07) is 5.75. The van der Waals surface area contributed by atoms with E-state index < -0.39 is 0 Å². The lowest BCUT2D eigenvalue weighted by molar-refractivity contribution is 0.0972. The van der Waals surface area contributed by atoms with Gasteiger partial charge in [-0.1, -0.05) is 6.07 Å². The number of carbonyl (C=O) groups excluding carboxylic acids is 1. The molecule has 3 nitrogen and oxygen atoms in total. The molecule has 3 heteroatoms. The van der Waals surface area contributed by atoms with Crippen LogP contribution in [0.25, 0.3) is 0 Å². The Balaban J connectivity index is 1.89. The van der Waals surface area contributed by atoms with Crippen molar-refractivity contribution in [2.24, 2.45) is 5.92 Å². The van der Waals surface area contributed by atoms with Crippen molar-refractivity contribution < 1.29 is 9.53 Å². The van der Waals surface area contributed by atoms with Crippen LogP contribution in [0.3, 0.4) is 0 Å². The summed E-state index contributed by atoms with van der Waals surface area (Å²) in [5.74, 6) is 1.60. The fraction of sp³-hybridized carbons (Fsp3) is 0.462. The number of hydrogen-bond donors (Lipinski definition) is 1. The minimum absolute atomic E-state index is 0.225. The number of para-hydroxylation sites is 1. The van der Waals surface area contributed by atoms with E-state index in [1.54, 1.807) is 0 Å². The summed E-state index contributed by atoms with van der Waals surface area (Å²) in [6.45, 7) is 1.45. The molecule has 1 aliphatic carbocycles. The molecule has 0 atom stereocenters. The van der Waals surface area contributed by atoms with E-state index >= 15 is 0 Å². The summed E-state index contributed by atoms with van der Waals surface area (Å²) in [6.07, 6.45) is 3.10. The van der Waals surface area contributed by atoms with E-state index in [1.807, 2.05) is 18.2 Å². The summed E-state index contributed by atoms with van der Waals surface area (Å²) in [5, 5.41) is 3.25.